The second-order valence-electron chi connectivity index (χ2n) is 4.28. The summed E-state index contributed by atoms with van der Waals surface area (Å²) < 4.78 is 0. The first-order valence-corrected chi connectivity index (χ1v) is 6.79. The third-order valence-corrected chi connectivity index (χ3v) is 4.14. The van der Waals surface area contributed by atoms with E-state index in [0.717, 1.165) is 13.0 Å². The molecule has 0 saturated carbocycles. The number of aromatic nitrogens is 2. The average Bonchev–Trinajstić information content (AvgIpc) is 2.94. The van der Waals surface area contributed by atoms with Gasteiger partial charge in [-0.1, -0.05) is 0 Å². The van der Waals surface area contributed by atoms with Crippen LogP contribution in [0.3, 0.4) is 0 Å². The van der Waals surface area contributed by atoms with Gasteiger partial charge in [-0.25, -0.2) is 15.8 Å². The highest BCUT2D eigenvalue weighted by Gasteiger charge is 2.23. The van der Waals surface area contributed by atoms with Crippen molar-refractivity contribution in [1.29, 1.82) is 0 Å². The van der Waals surface area contributed by atoms with Crippen LogP contribution in [0.1, 0.15) is 20.9 Å². The lowest BCUT2D eigenvalue weighted by atomic mass is 10.1. The van der Waals surface area contributed by atoms with Crippen LogP contribution in [0.4, 0.5) is 5.82 Å². The molecule has 3 rings (SSSR count). The summed E-state index contributed by atoms with van der Waals surface area (Å²) in [5.74, 6) is 5.56. The third kappa shape index (κ3) is 2.29. The number of carbonyl (C=O) groups excluding carboxylic acids is 1. The van der Waals surface area contributed by atoms with Gasteiger partial charge >= 0.3 is 0 Å². The molecule has 0 spiro atoms. The van der Waals surface area contributed by atoms with Crippen LogP contribution in [0.2, 0.25) is 0 Å². The maximum atomic E-state index is 12.3. The third-order valence-electron chi connectivity index (χ3n) is 3.11. The maximum absolute atomic E-state index is 12.3. The second kappa shape index (κ2) is 4.94. The molecule has 1 aliphatic rings. The molecule has 0 atom stereocenters. The topological polar surface area (TPSA) is 84.1 Å². The number of rotatable bonds is 2. The number of nitrogens with two attached hydrogens (primary N) is 1. The Morgan fingerprint density at radius 3 is 3.05 bits per heavy atom. The number of anilines is 1. The molecule has 2 aromatic rings. The first kappa shape index (κ1) is 12.1. The molecule has 0 aliphatic carbocycles. The Morgan fingerprint density at radius 2 is 2.32 bits per heavy atom. The zero-order chi connectivity index (χ0) is 13.2. The summed E-state index contributed by atoms with van der Waals surface area (Å²) in [4.78, 5) is 23.6. The molecule has 1 amide bonds. The Morgan fingerprint density at radius 1 is 1.42 bits per heavy atom. The molecule has 0 fully saturated rings. The number of amides is 1. The summed E-state index contributed by atoms with van der Waals surface area (Å²) in [6, 6.07) is 2.08. The number of nitrogens with zero attached hydrogens (tertiary/aromatic N) is 3. The SMILES string of the molecule is NNc1cnc(C(=O)N2CCc3sccc3C2)cn1. The summed E-state index contributed by atoms with van der Waals surface area (Å²) >= 11 is 1.75. The van der Waals surface area contributed by atoms with Crippen LogP contribution in [0.15, 0.2) is 23.8 Å². The van der Waals surface area contributed by atoms with Crippen molar-refractivity contribution in [3.05, 3.63) is 40.0 Å². The van der Waals surface area contributed by atoms with E-state index in [1.54, 1.807) is 16.2 Å². The Balaban J connectivity index is 1.77. The van der Waals surface area contributed by atoms with Crippen molar-refractivity contribution in [2.45, 2.75) is 13.0 Å². The number of fused-ring (bicyclic) bond motifs is 1. The van der Waals surface area contributed by atoms with Crippen molar-refractivity contribution >= 4 is 23.1 Å². The lowest BCUT2D eigenvalue weighted by Gasteiger charge is -2.26. The number of carbonyl (C=O) groups is 1. The van der Waals surface area contributed by atoms with Gasteiger partial charge < -0.3 is 10.3 Å². The monoisotopic (exact) mass is 275 g/mol. The van der Waals surface area contributed by atoms with Crippen molar-refractivity contribution in [3.63, 3.8) is 0 Å². The fourth-order valence-electron chi connectivity index (χ4n) is 2.10. The number of thiophene rings is 1. The van der Waals surface area contributed by atoms with E-state index in [1.807, 2.05) is 0 Å². The van der Waals surface area contributed by atoms with E-state index in [2.05, 4.69) is 26.8 Å². The van der Waals surface area contributed by atoms with Gasteiger partial charge in [0.25, 0.3) is 5.91 Å². The quantitative estimate of drug-likeness (QED) is 0.631. The molecule has 19 heavy (non-hydrogen) atoms. The smallest absolute Gasteiger partial charge is 0.274 e. The van der Waals surface area contributed by atoms with E-state index >= 15 is 0 Å². The number of nitrogens with one attached hydrogen (secondary N) is 1. The molecule has 1 aliphatic heterocycles. The predicted molar refractivity (Wildman–Crippen MR) is 72.6 cm³/mol. The summed E-state index contributed by atoms with van der Waals surface area (Å²) in [5.41, 5.74) is 3.96. The van der Waals surface area contributed by atoms with Gasteiger partial charge in [-0.15, -0.1) is 11.3 Å². The fourth-order valence-corrected chi connectivity index (χ4v) is 2.99. The lowest BCUT2D eigenvalue weighted by Crippen LogP contribution is -2.35. The van der Waals surface area contributed by atoms with Gasteiger partial charge in [-0.2, -0.15) is 0 Å². The number of hydrogen-bond donors (Lipinski definition) is 2. The van der Waals surface area contributed by atoms with Gasteiger partial charge in [0.2, 0.25) is 0 Å². The van der Waals surface area contributed by atoms with E-state index in [-0.39, 0.29) is 5.91 Å². The Labute approximate surface area is 114 Å². The molecule has 3 N–H and O–H groups in total. The van der Waals surface area contributed by atoms with E-state index in [9.17, 15) is 4.79 Å². The van der Waals surface area contributed by atoms with E-state index < -0.39 is 0 Å². The predicted octanol–water partition coefficient (Wildman–Crippen LogP) is 1.02. The van der Waals surface area contributed by atoms with Crippen LogP contribution in [-0.2, 0) is 13.0 Å². The minimum atomic E-state index is -0.0899. The molecule has 3 heterocycles. The zero-order valence-electron chi connectivity index (χ0n) is 10.2. The minimum absolute atomic E-state index is 0.0899. The summed E-state index contributed by atoms with van der Waals surface area (Å²) in [7, 11) is 0. The van der Waals surface area contributed by atoms with Crippen molar-refractivity contribution < 1.29 is 4.79 Å². The standard InChI is InChI=1S/C12H13N5OS/c13-16-11-6-14-9(5-15-11)12(18)17-3-1-10-8(7-17)2-4-19-10/h2,4-6H,1,3,7,13H2,(H,15,16). The number of nitrogen functional groups attached to an aromatic ring is 1. The van der Waals surface area contributed by atoms with E-state index in [0.29, 0.717) is 18.1 Å². The molecule has 98 valence electrons. The van der Waals surface area contributed by atoms with Crippen LogP contribution in [0.25, 0.3) is 0 Å². The Hall–Kier alpha value is -1.99. The van der Waals surface area contributed by atoms with Crippen LogP contribution in [0, 0.1) is 0 Å². The fraction of sp³-hybridized carbons (Fsp3) is 0.250. The average molecular weight is 275 g/mol. The van der Waals surface area contributed by atoms with Crippen LogP contribution < -0.4 is 11.3 Å². The van der Waals surface area contributed by atoms with Crippen molar-refractivity contribution in [2.75, 3.05) is 12.0 Å². The summed E-state index contributed by atoms with van der Waals surface area (Å²) in [6.07, 6.45) is 3.81. The number of hydrogen-bond acceptors (Lipinski definition) is 6. The van der Waals surface area contributed by atoms with Gasteiger partial charge in [-0.3, -0.25) is 4.79 Å². The van der Waals surface area contributed by atoms with Gasteiger partial charge in [0.15, 0.2) is 5.82 Å². The molecule has 0 unspecified atom stereocenters. The van der Waals surface area contributed by atoms with Gasteiger partial charge in [-0.05, 0) is 23.4 Å². The number of hydrazine groups is 1. The molecular weight excluding hydrogens is 262 g/mol. The molecule has 6 nitrogen and oxygen atoms in total. The van der Waals surface area contributed by atoms with Crippen molar-refractivity contribution in [3.8, 4) is 0 Å². The van der Waals surface area contributed by atoms with Crippen LogP contribution >= 0.6 is 11.3 Å². The first-order valence-electron chi connectivity index (χ1n) is 5.91. The van der Waals surface area contributed by atoms with Gasteiger partial charge in [0.1, 0.15) is 5.69 Å². The molecule has 0 saturated heterocycles. The largest absolute Gasteiger partial charge is 0.333 e. The van der Waals surface area contributed by atoms with E-state index in [1.165, 1.54) is 22.8 Å². The van der Waals surface area contributed by atoms with Crippen LogP contribution in [-0.4, -0.2) is 27.3 Å². The normalized spacial score (nSPS) is 14.1. The maximum Gasteiger partial charge on any atom is 0.274 e. The van der Waals surface area contributed by atoms with E-state index in [4.69, 9.17) is 5.84 Å². The highest BCUT2D eigenvalue weighted by molar-refractivity contribution is 7.10. The van der Waals surface area contributed by atoms with Crippen LogP contribution in [0.5, 0.6) is 0 Å². The molecule has 0 aromatic carbocycles. The molecule has 2 aromatic heterocycles. The highest BCUT2D eigenvalue weighted by atomic mass is 32.1. The van der Waals surface area contributed by atoms with Crippen molar-refractivity contribution in [2.24, 2.45) is 5.84 Å². The lowest BCUT2D eigenvalue weighted by molar-refractivity contribution is 0.0729. The molecular formula is C12H13N5OS. The van der Waals surface area contributed by atoms with Crippen molar-refractivity contribution in [1.82, 2.24) is 14.9 Å². The highest BCUT2D eigenvalue weighted by Crippen LogP contribution is 2.24. The zero-order valence-corrected chi connectivity index (χ0v) is 11.0. The Kier molecular flexibility index (Phi) is 3.14. The van der Waals surface area contributed by atoms with Gasteiger partial charge in [0, 0.05) is 18.0 Å². The Bertz CT molecular complexity index is 594. The second-order valence-corrected chi connectivity index (χ2v) is 5.28. The minimum Gasteiger partial charge on any atom is -0.333 e. The summed E-state index contributed by atoms with van der Waals surface area (Å²) in [6.45, 7) is 1.38. The first-order chi connectivity index (χ1) is 9.28. The molecule has 0 bridgehead atoms. The summed E-state index contributed by atoms with van der Waals surface area (Å²) in [5, 5.41) is 2.07. The molecule has 0 radical (unpaired) electrons. The van der Waals surface area contributed by atoms with Gasteiger partial charge in [0.05, 0.1) is 12.4 Å². The molecule has 7 heteroatoms.